The molecule has 0 atom stereocenters. The zero-order chi connectivity index (χ0) is 24.2. The van der Waals surface area contributed by atoms with Crippen molar-refractivity contribution < 1.29 is 22.4 Å². The average molecular weight is 470 g/mol. The fourth-order valence-corrected chi connectivity index (χ4v) is 4.17. The first-order valence-corrected chi connectivity index (χ1v) is 11.5. The molecule has 3 aromatic rings. The monoisotopic (exact) mass is 469 g/mol. The summed E-state index contributed by atoms with van der Waals surface area (Å²) in [5.41, 5.74) is 2.46. The van der Waals surface area contributed by atoms with Gasteiger partial charge in [-0.2, -0.15) is 0 Å². The maximum atomic E-state index is 13.4. The van der Waals surface area contributed by atoms with Crippen LogP contribution in [-0.2, 0) is 14.8 Å². The summed E-state index contributed by atoms with van der Waals surface area (Å²) in [4.78, 5) is 26.1. The van der Waals surface area contributed by atoms with E-state index in [0.717, 1.165) is 11.6 Å². The van der Waals surface area contributed by atoms with Gasteiger partial charge in [-0.25, -0.2) is 12.8 Å². The molecule has 3 aromatic carbocycles. The second kappa shape index (κ2) is 9.83. The molecule has 0 radical (unpaired) electrons. The summed E-state index contributed by atoms with van der Waals surface area (Å²) < 4.78 is 40.9. The largest absolute Gasteiger partial charge is 0.332 e. The van der Waals surface area contributed by atoms with Crippen LogP contribution in [0.15, 0.2) is 71.6 Å². The average Bonchev–Trinajstić information content (AvgIpc) is 2.77. The van der Waals surface area contributed by atoms with Crippen LogP contribution in [0.3, 0.4) is 0 Å². The van der Waals surface area contributed by atoms with Gasteiger partial charge in [0.2, 0.25) is 5.91 Å². The number of carbonyl (C=O) groups excluding carboxylic acids is 2. The van der Waals surface area contributed by atoms with Crippen LogP contribution in [-0.4, -0.2) is 38.7 Å². The molecule has 172 valence electrons. The van der Waals surface area contributed by atoms with Gasteiger partial charge in [-0.1, -0.05) is 17.7 Å². The molecule has 0 aliphatic rings. The van der Waals surface area contributed by atoms with E-state index >= 15 is 0 Å². The molecule has 2 amide bonds. The van der Waals surface area contributed by atoms with E-state index < -0.39 is 21.7 Å². The van der Waals surface area contributed by atoms with Gasteiger partial charge >= 0.3 is 0 Å². The van der Waals surface area contributed by atoms with Gasteiger partial charge < -0.3 is 10.2 Å². The Hall–Kier alpha value is -3.72. The quantitative estimate of drug-likeness (QED) is 0.548. The second-order valence-electron chi connectivity index (χ2n) is 7.67. The summed E-state index contributed by atoms with van der Waals surface area (Å²) in [6, 6.07) is 16.6. The number of likely N-dealkylation sites (N-methyl/N-ethyl adjacent to an activating group) is 1. The lowest BCUT2D eigenvalue weighted by molar-refractivity contribution is -0.116. The highest BCUT2D eigenvalue weighted by Gasteiger charge is 2.18. The van der Waals surface area contributed by atoms with Crippen molar-refractivity contribution in [3.05, 3.63) is 89.2 Å². The van der Waals surface area contributed by atoms with Crippen LogP contribution >= 0.6 is 0 Å². The standard InChI is InChI=1S/C24H24FN3O4S/c1-16-4-8-19(9-5-16)26-23(29)15-28(3)24(30)18-6-10-20(11-7-18)27-33(31,32)21-12-13-22(25)17(2)14-21/h4-14,27H,15H2,1-3H3,(H,26,29). The first kappa shape index (κ1) is 23.9. The van der Waals surface area contributed by atoms with Crippen molar-refractivity contribution in [1.82, 2.24) is 4.90 Å². The minimum absolute atomic E-state index is 0.0686. The van der Waals surface area contributed by atoms with Crippen LogP contribution in [0.1, 0.15) is 21.5 Å². The van der Waals surface area contributed by atoms with Gasteiger partial charge in [-0.15, -0.1) is 0 Å². The Labute approximate surface area is 192 Å². The molecule has 0 aliphatic heterocycles. The number of rotatable bonds is 7. The minimum atomic E-state index is -3.92. The maximum Gasteiger partial charge on any atom is 0.261 e. The molecule has 0 spiro atoms. The summed E-state index contributed by atoms with van der Waals surface area (Å²) in [6.07, 6.45) is 0. The Kier molecular flexibility index (Phi) is 7.13. The number of benzene rings is 3. The van der Waals surface area contributed by atoms with Crippen LogP contribution in [0.5, 0.6) is 0 Å². The fourth-order valence-electron chi connectivity index (χ4n) is 3.02. The molecule has 7 nitrogen and oxygen atoms in total. The molecule has 0 fully saturated rings. The molecule has 0 saturated heterocycles. The van der Waals surface area contributed by atoms with Gasteiger partial charge in [0.1, 0.15) is 5.82 Å². The number of halogens is 1. The van der Waals surface area contributed by atoms with Gasteiger partial charge in [0.05, 0.1) is 11.4 Å². The Morgan fingerprint density at radius 2 is 1.52 bits per heavy atom. The number of nitrogens with one attached hydrogen (secondary N) is 2. The highest BCUT2D eigenvalue weighted by Crippen LogP contribution is 2.19. The Morgan fingerprint density at radius 1 is 0.909 bits per heavy atom. The number of anilines is 2. The van der Waals surface area contributed by atoms with Crippen molar-refractivity contribution in [2.24, 2.45) is 0 Å². The van der Waals surface area contributed by atoms with Crippen LogP contribution in [0.4, 0.5) is 15.8 Å². The summed E-state index contributed by atoms with van der Waals surface area (Å²) in [5, 5.41) is 2.73. The van der Waals surface area contributed by atoms with Crippen LogP contribution in [0.25, 0.3) is 0 Å². The van der Waals surface area contributed by atoms with E-state index in [1.54, 1.807) is 12.1 Å². The van der Waals surface area contributed by atoms with E-state index in [2.05, 4.69) is 10.0 Å². The van der Waals surface area contributed by atoms with Crippen LogP contribution < -0.4 is 10.0 Å². The highest BCUT2D eigenvalue weighted by molar-refractivity contribution is 7.92. The predicted molar refractivity (Wildman–Crippen MR) is 125 cm³/mol. The first-order valence-electron chi connectivity index (χ1n) is 10.1. The zero-order valence-electron chi connectivity index (χ0n) is 18.4. The van der Waals surface area contributed by atoms with Crippen LogP contribution in [0.2, 0.25) is 0 Å². The second-order valence-corrected chi connectivity index (χ2v) is 9.35. The lowest BCUT2D eigenvalue weighted by Gasteiger charge is -2.17. The number of hydrogen-bond donors (Lipinski definition) is 2. The molecule has 0 heterocycles. The molecule has 3 rings (SSSR count). The van der Waals surface area contributed by atoms with Crippen molar-refractivity contribution >= 4 is 33.2 Å². The number of carbonyl (C=O) groups is 2. The molecule has 0 saturated carbocycles. The minimum Gasteiger partial charge on any atom is -0.332 e. The van der Waals surface area contributed by atoms with E-state index in [1.807, 2.05) is 19.1 Å². The highest BCUT2D eigenvalue weighted by atomic mass is 32.2. The number of amides is 2. The lowest BCUT2D eigenvalue weighted by Crippen LogP contribution is -2.34. The number of hydrogen-bond acceptors (Lipinski definition) is 4. The summed E-state index contributed by atoms with van der Waals surface area (Å²) in [5.74, 6) is -1.22. The number of nitrogens with zero attached hydrogens (tertiary/aromatic N) is 1. The number of aryl methyl sites for hydroxylation is 2. The van der Waals surface area contributed by atoms with E-state index in [0.29, 0.717) is 11.3 Å². The van der Waals surface area contributed by atoms with E-state index in [1.165, 1.54) is 55.3 Å². The van der Waals surface area contributed by atoms with Crippen molar-refractivity contribution in [1.29, 1.82) is 0 Å². The molecule has 0 aliphatic carbocycles. The Bertz CT molecular complexity index is 1270. The topological polar surface area (TPSA) is 95.6 Å². The first-order chi connectivity index (χ1) is 15.5. The zero-order valence-corrected chi connectivity index (χ0v) is 19.2. The third-order valence-electron chi connectivity index (χ3n) is 4.89. The maximum absolute atomic E-state index is 13.4. The fraction of sp³-hybridized carbons (Fsp3) is 0.167. The molecule has 0 unspecified atom stereocenters. The van der Waals surface area contributed by atoms with Gasteiger partial charge in [-0.05, 0) is 74.0 Å². The van der Waals surface area contributed by atoms with Gasteiger partial charge in [0.15, 0.2) is 0 Å². The molecule has 0 bridgehead atoms. The molecule has 33 heavy (non-hydrogen) atoms. The van der Waals surface area contributed by atoms with Crippen LogP contribution in [0, 0.1) is 19.7 Å². The Morgan fingerprint density at radius 3 is 2.12 bits per heavy atom. The summed E-state index contributed by atoms with van der Waals surface area (Å²) in [7, 11) is -2.41. The molecule has 2 N–H and O–H groups in total. The summed E-state index contributed by atoms with van der Waals surface area (Å²) >= 11 is 0. The Balaban J connectivity index is 1.62. The third-order valence-corrected chi connectivity index (χ3v) is 6.27. The molecular weight excluding hydrogens is 445 g/mol. The summed E-state index contributed by atoms with van der Waals surface area (Å²) in [6.45, 7) is 3.27. The van der Waals surface area contributed by atoms with Crippen molar-refractivity contribution in [2.75, 3.05) is 23.6 Å². The normalized spacial score (nSPS) is 11.0. The van der Waals surface area contributed by atoms with Crippen molar-refractivity contribution in [2.45, 2.75) is 18.7 Å². The van der Waals surface area contributed by atoms with E-state index in [-0.39, 0.29) is 28.6 Å². The predicted octanol–water partition coefficient (Wildman–Crippen LogP) is 3.95. The van der Waals surface area contributed by atoms with E-state index in [4.69, 9.17) is 0 Å². The molecule has 9 heteroatoms. The van der Waals surface area contributed by atoms with Gasteiger partial charge in [-0.3, -0.25) is 14.3 Å². The SMILES string of the molecule is Cc1ccc(NC(=O)CN(C)C(=O)c2ccc(NS(=O)(=O)c3ccc(F)c(C)c3)cc2)cc1. The van der Waals surface area contributed by atoms with Gasteiger partial charge in [0, 0.05) is 24.0 Å². The lowest BCUT2D eigenvalue weighted by atomic mass is 10.2. The molecular formula is C24H24FN3O4S. The van der Waals surface area contributed by atoms with Crippen molar-refractivity contribution in [3.8, 4) is 0 Å². The smallest absolute Gasteiger partial charge is 0.261 e. The van der Waals surface area contributed by atoms with Gasteiger partial charge in [0.25, 0.3) is 15.9 Å². The number of sulfonamides is 1. The van der Waals surface area contributed by atoms with E-state index in [9.17, 15) is 22.4 Å². The van der Waals surface area contributed by atoms with Crippen molar-refractivity contribution in [3.63, 3.8) is 0 Å². The third kappa shape index (κ3) is 6.17. The molecule has 0 aromatic heterocycles.